The summed E-state index contributed by atoms with van der Waals surface area (Å²) in [5.41, 5.74) is 5.26. The van der Waals surface area contributed by atoms with E-state index >= 15 is 0 Å². The molecular formula is C24H25N5O3. The molecule has 8 heteroatoms. The number of hydrogen-bond acceptors (Lipinski definition) is 8. The van der Waals surface area contributed by atoms with Crippen LogP contribution in [0.4, 0.5) is 5.69 Å². The third-order valence-corrected chi connectivity index (χ3v) is 5.80. The van der Waals surface area contributed by atoms with E-state index in [4.69, 9.17) is 13.7 Å². The van der Waals surface area contributed by atoms with E-state index in [1.165, 1.54) is 6.26 Å². The fourth-order valence-electron chi connectivity index (χ4n) is 3.95. The van der Waals surface area contributed by atoms with Crippen LogP contribution < -0.4 is 9.64 Å². The van der Waals surface area contributed by atoms with E-state index < -0.39 is 0 Å². The van der Waals surface area contributed by atoms with Crippen LogP contribution in [0, 0.1) is 6.92 Å². The second kappa shape index (κ2) is 8.47. The number of ether oxygens (including phenoxy) is 1. The molecule has 1 aliphatic heterocycles. The quantitative estimate of drug-likeness (QED) is 0.467. The molecule has 0 spiro atoms. The van der Waals surface area contributed by atoms with Gasteiger partial charge in [0.1, 0.15) is 23.3 Å². The van der Waals surface area contributed by atoms with Crippen LogP contribution in [0.15, 0.2) is 57.7 Å². The van der Waals surface area contributed by atoms with Gasteiger partial charge in [-0.1, -0.05) is 28.9 Å². The number of likely N-dealkylation sites (N-methyl/N-ethyl adjacent to an activating group) is 1. The average molecular weight is 431 g/mol. The molecule has 0 saturated carbocycles. The van der Waals surface area contributed by atoms with Crippen LogP contribution in [-0.2, 0) is 0 Å². The molecule has 0 atom stereocenters. The maximum Gasteiger partial charge on any atom is 0.253 e. The number of anilines is 1. The Hall–Kier alpha value is -3.65. The predicted octanol–water partition coefficient (Wildman–Crippen LogP) is 4.13. The van der Waals surface area contributed by atoms with E-state index in [9.17, 15) is 0 Å². The summed E-state index contributed by atoms with van der Waals surface area (Å²) in [6, 6.07) is 14.1. The molecule has 32 heavy (non-hydrogen) atoms. The standard InChI is InChI=1S/C24H25N5O3/c1-16-5-4-6-17(13-16)22-20(15-31-27-22)24-26-25-23(32-24)19-8-7-18(14-21(19)30-3)29-11-9-28(2)10-12-29/h4-8,13-15H,9-12H2,1-3H3. The second-order valence-corrected chi connectivity index (χ2v) is 8.03. The van der Waals surface area contributed by atoms with Crippen LogP contribution in [0.1, 0.15) is 5.56 Å². The number of hydrogen-bond donors (Lipinski definition) is 0. The molecule has 0 bridgehead atoms. The first-order chi connectivity index (χ1) is 15.6. The van der Waals surface area contributed by atoms with Gasteiger partial charge in [0.05, 0.1) is 12.7 Å². The van der Waals surface area contributed by atoms with Crippen molar-refractivity contribution in [3.63, 3.8) is 0 Å². The molecule has 2 aromatic carbocycles. The molecule has 0 aliphatic carbocycles. The summed E-state index contributed by atoms with van der Waals surface area (Å²) in [4.78, 5) is 4.69. The Kier molecular flexibility index (Phi) is 5.36. The number of nitrogens with zero attached hydrogens (tertiary/aromatic N) is 5. The molecule has 1 saturated heterocycles. The molecule has 164 valence electrons. The fraction of sp³-hybridized carbons (Fsp3) is 0.292. The fourth-order valence-corrected chi connectivity index (χ4v) is 3.95. The Labute approximate surface area is 186 Å². The average Bonchev–Trinajstić information content (AvgIpc) is 3.49. The van der Waals surface area contributed by atoms with Gasteiger partial charge in [0.15, 0.2) is 0 Å². The Morgan fingerprint density at radius 1 is 0.938 bits per heavy atom. The summed E-state index contributed by atoms with van der Waals surface area (Å²) in [7, 11) is 3.80. The lowest BCUT2D eigenvalue weighted by molar-refractivity contribution is 0.312. The lowest BCUT2D eigenvalue weighted by Gasteiger charge is -2.34. The Morgan fingerprint density at radius 3 is 2.47 bits per heavy atom. The minimum atomic E-state index is 0.350. The monoisotopic (exact) mass is 431 g/mol. The molecule has 5 rings (SSSR count). The summed E-state index contributed by atoms with van der Waals surface area (Å²) < 4.78 is 16.9. The minimum absolute atomic E-state index is 0.350. The van der Waals surface area contributed by atoms with Gasteiger partial charge in [-0.25, -0.2) is 0 Å². The first-order valence-electron chi connectivity index (χ1n) is 10.6. The maximum absolute atomic E-state index is 6.03. The molecule has 2 aromatic heterocycles. The summed E-state index contributed by atoms with van der Waals surface area (Å²) in [6.07, 6.45) is 1.53. The lowest BCUT2D eigenvalue weighted by Crippen LogP contribution is -2.44. The van der Waals surface area contributed by atoms with Crippen molar-refractivity contribution in [3.8, 4) is 39.9 Å². The van der Waals surface area contributed by atoms with Crippen molar-refractivity contribution in [1.82, 2.24) is 20.3 Å². The van der Waals surface area contributed by atoms with Gasteiger partial charge < -0.3 is 23.5 Å². The van der Waals surface area contributed by atoms with Crippen molar-refractivity contribution < 1.29 is 13.7 Å². The number of benzene rings is 2. The highest BCUT2D eigenvalue weighted by atomic mass is 16.5. The number of methoxy groups -OCH3 is 1. The van der Waals surface area contributed by atoms with Crippen molar-refractivity contribution in [2.75, 3.05) is 45.2 Å². The number of rotatable bonds is 5. The molecule has 0 N–H and O–H groups in total. The molecule has 3 heterocycles. The molecule has 1 aliphatic rings. The minimum Gasteiger partial charge on any atom is -0.496 e. The van der Waals surface area contributed by atoms with Gasteiger partial charge in [-0.3, -0.25) is 0 Å². The van der Waals surface area contributed by atoms with E-state index in [0.717, 1.165) is 48.6 Å². The summed E-state index contributed by atoms with van der Waals surface area (Å²) in [5, 5.41) is 12.7. The summed E-state index contributed by atoms with van der Waals surface area (Å²) in [5.74, 6) is 1.43. The highest BCUT2D eigenvalue weighted by molar-refractivity contribution is 5.77. The smallest absolute Gasteiger partial charge is 0.253 e. The van der Waals surface area contributed by atoms with E-state index in [0.29, 0.717) is 28.8 Å². The zero-order valence-electron chi connectivity index (χ0n) is 18.4. The molecule has 8 nitrogen and oxygen atoms in total. The number of piperazine rings is 1. The van der Waals surface area contributed by atoms with Gasteiger partial charge in [-0.05, 0) is 32.2 Å². The van der Waals surface area contributed by atoms with Crippen molar-refractivity contribution in [3.05, 3.63) is 54.3 Å². The van der Waals surface area contributed by atoms with Gasteiger partial charge in [-0.2, -0.15) is 0 Å². The van der Waals surface area contributed by atoms with E-state index in [1.54, 1.807) is 7.11 Å². The molecule has 4 aromatic rings. The van der Waals surface area contributed by atoms with Crippen LogP contribution >= 0.6 is 0 Å². The van der Waals surface area contributed by atoms with Crippen molar-refractivity contribution in [2.45, 2.75) is 6.92 Å². The lowest BCUT2D eigenvalue weighted by atomic mass is 10.1. The van der Waals surface area contributed by atoms with Crippen molar-refractivity contribution >= 4 is 5.69 Å². The van der Waals surface area contributed by atoms with Crippen LogP contribution in [0.3, 0.4) is 0 Å². The summed E-state index contributed by atoms with van der Waals surface area (Å²) >= 11 is 0. The van der Waals surface area contributed by atoms with Gasteiger partial charge in [0, 0.05) is 43.5 Å². The normalized spacial score (nSPS) is 14.7. The first kappa shape index (κ1) is 20.3. The van der Waals surface area contributed by atoms with Crippen LogP contribution in [0.5, 0.6) is 5.75 Å². The van der Waals surface area contributed by atoms with Gasteiger partial charge >= 0.3 is 0 Å². The number of aromatic nitrogens is 3. The van der Waals surface area contributed by atoms with E-state index in [1.807, 2.05) is 43.3 Å². The second-order valence-electron chi connectivity index (χ2n) is 8.03. The highest BCUT2D eigenvalue weighted by Gasteiger charge is 2.22. The molecule has 0 amide bonds. The molecular weight excluding hydrogens is 406 g/mol. The molecule has 1 fully saturated rings. The van der Waals surface area contributed by atoms with Crippen molar-refractivity contribution in [1.29, 1.82) is 0 Å². The Morgan fingerprint density at radius 2 is 1.72 bits per heavy atom. The largest absolute Gasteiger partial charge is 0.496 e. The number of aryl methyl sites for hydroxylation is 1. The zero-order valence-corrected chi connectivity index (χ0v) is 18.4. The van der Waals surface area contributed by atoms with Crippen LogP contribution in [0.2, 0.25) is 0 Å². The summed E-state index contributed by atoms with van der Waals surface area (Å²) in [6.45, 7) is 6.09. The maximum atomic E-state index is 6.03. The molecule has 0 unspecified atom stereocenters. The highest BCUT2D eigenvalue weighted by Crippen LogP contribution is 2.36. The predicted molar refractivity (Wildman–Crippen MR) is 122 cm³/mol. The first-order valence-corrected chi connectivity index (χ1v) is 10.6. The van der Waals surface area contributed by atoms with Gasteiger partial charge in [-0.15, -0.1) is 10.2 Å². The van der Waals surface area contributed by atoms with E-state index in [-0.39, 0.29) is 0 Å². The van der Waals surface area contributed by atoms with Crippen LogP contribution in [0.25, 0.3) is 34.2 Å². The van der Waals surface area contributed by atoms with E-state index in [2.05, 4.69) is 38.3 Å². The third-order valence-electron chi connectivity index (χ3n) is 5.80. The zero-order chi connectivity index (χ0) is 22.1. The topological polar surface area (TPSA) is 80.7 Å². The van der Waals surface area contributed by atoms with Crippen molar-refractivity contribution in [2.24, 2.45) is 0 Å². The molecule has 0 radical (unpaired) electrons. The Balaban J connectivity index is 1.45. The van der Waals surface area contributed by atoms with Crippen LogP contribution in [-0.4, -0.2) is 60.6 Å². The third kappa shape index (κ3) is 3.85. The Bertz CT molecular complexity index is 1220. The van der Waals surface area contributed by atoms with Gasteiger partial charge in [0.2, 0.25) is 0 Å². The SMILES string of the molecule is COc1cc(N2CCN(C)CC2)ccc1-c1nnc(-c2conc2-c2cccc(C)c2)o1. The van der Waals surface area contributed by atoms with Gasteiger partial charge in [0.25, 0.3) is 11.8 Å².